The number of aromatic carboxylic acids is 1. The minimum absolute atomic E-state index is 0.110. The number of tetrazole rings is 1. The van der Waals surface area contributed by atoms with E-state index in [1.54, 1.807) is 11.5 Å². The van der Waals surface area contributed by atoms with E-state index < -0.39 is 11.5 Å². The van der Waals surface area contributed by atoms with Crippen molar-refractivity contribution in [3.63, 3.8) is 0 Å². The largest absolute Gasteiger partial charge is 0.477 e. The third-order valence-corrected chi connectivity index (χ3v) is 8.12. The number of benzene rings is 5. The monoisotopic (exact) mass is 588 g/mol. The number of nitrogens with zero attached hydrogens (tertiary/aromatic N) is 6. The summed E-state index contributed by atoms with van der Waals surface area (Å²) in [6.07, 6.45) is 1.37. The molecule has 45 heavy (non-hydrogen) atoms. The smallest absolute Gasteiger partial charge is 0.354 e. The van der Waals surface area contributed by atoms with Gasteiger partial charge in [-0.1, -0.05) is 127 Å². The van der Waals surface area contributed by atoms with Crippen LogP contribution in [0.3, 0.4) is 0 Å². The van der Waals surface area contributed by atoms with Gasteiger partial charge in [0.05, 0.1) is 6.20 Å². The third kappa shape index (κ3) is 4.69. The summed E-state index contributed by atoms with van der Waals surface area (Å²) < 4.78 is 3.56. The fraction of sp³-hybridized carbons (Fsp3) is 0.0541. The summed E-state index contributed by atoms with van der Waals surface area (Å²) >= 11 is 0. The molecule has 0 bridgehead atoms. The number of hydrogen-bond acceptors (Lipinski definition) is 5. The molecule has 0 aliphatic rings. The second-order valence-electron chi connectivity index (χ2n) is 10.6. The van der Waals surface area contributed by atoms with E-state index in [9.17, 15) is 9.90 Å². The van der Waals surface area contributed by atoms with Gasteiger partial charge in [-0.3, -0.25) is 4.57 Å². The maximum atomic E-state index is 11.8. The van der Waals surface area contributed by atoms with Crippen molar-refractivity contribution in [2.45, 2.75) is 12.5 Å². The van der Waals surface area contributed by atoms with Crippen molar-refractivity contribution in [1.29, 1.82) is 0 Å². The Kier molecular flexibility index (Phi) is 7.07. The molecule has 0 saturated heterocycles. The van der Waals surface area contributed by atoms with Crippen LogP contribution in [0.15, 0.2) is 146 Å². The highest BCUT2D eigenvalue weighted by atomic mass is 16.4. The van der Waals surface area contributed by atoms with Gasteiger partial charge in [-0.15, -0.1) is 5.10 Å². The Bertz CT molecular complexity index is 1990. The first kappa shape index (κ1) is 27.7. The van der Waals surface area contributed by atoms with Crippen molar-refractivity contribution >= 4 is 5.97 Å². The maximum absolute atomic E-state index is 11.8. The average Bonchev–Trinajstić information content (AvgIpc) is 3.74. The van der Waals surface area contributed by atoms with Crippen molar-refractivity contribution in [3.8, 4) is 28.2 Å². The van der Waals surface area contributed by atoms with Crippen molar-refractivity contribution in [2.24, 2.45) is 0 Å². The lowest BCUT2D eigenvalue weighted by molar-refractivity contribution is 0.0688. The van der Waals surface area contributed by atoms with Gasteiger partial charge in [0.25, 0.3) is 0 Å². The zero-order chi connectivity index (χ0) is 30.8. The minimum atomic E-state index is -1.03. The number of carbonyl (C=O) groups is 1. The van der Waals surface area contributed by atoms with Crippen LogP contribution in [0.5, 0.6) is 0 Å². The normalized spacial score (nSPS) is 11.4. The molecule has 2 heterocycles. The predicted octanol–water partition coefficient (Wildman–Crippen LogP) is 7.04. The molecule has 218 valence electrons. The van der Waals surface area contributed by atoms with Gasteiger partial charge >= 0.3 is 5.97 Å². The first-order chi connectivity index (χ1) is 22.1. The molecule has 8 nitrogen and oxygen atoms in total. The van der Waals surface area contributed by atoms with E-state index in [1.807, 2.05) is 108 Å². The second kappa shape index (κ2) is 11.5. The van der Waals surface area contributed by atoms with Crippen LogP contribution in [0.25, 0.3) is 28.2 Å². The van der Waals surface area contributed by atoms with Crippen LogP contribution in [0.1, 0.15) is 33.0 Å². The molecule has 0 saturated carbocycles. The number of carboxylic acid groups (broad SMARTS) is 1. The molecule has 0 fully saturated rings. The van der Waals surface area contributed by atoms with Crippen LogP contribution in [-0.2, 0) is 5.54 Å². The van der Waals surface area contributed by atoms with Crippen LogP contribution in [0, 0.1) is 6.92 Å². The van der Waals surface area contributed by atoms with E-state index in [2.05, 4.69) is 51.7 Å². The molecule has 7 aromatic rings. The van der Waals surface area contributed by atoms with Crippen LogP contribution < -0.4 is 0 Å². The standard InChI is InChI=1S/C37H28N6O2/c1-26-38-25-34(36(44)45)42(26)31-23-21-27(22-24-31)32-19-11-12-20-33(32)35-39-40-41-43(35)37(28-13-5-2-6-14-28,29-15-7-3-8-16-29)30-17-9-4-10-18-30/h2-25H,1H3,(H,44,45). The zero-order valence-electron chi connectivity index (χ0n) is 24.4. The number of imidazole rings is 1. The number of rotatable bonds is 8. The third-order valence-electron chi connectivity index (χ3n) is 8.12. The molecule has 0 spiro atoms. The van der Waals surface area contributed by atoms with Gasteiger partial charge in [-0.25, -0.2) is 14.5 Å². The summed E-state index contributed by atoms with van der Waals surface area (Å²) in [6.45, 7) is 1.79. The van der Waals surface area contributed by atoms with Crippen LogP contribution in [-0.4, -0.2) is 40.8 Å². The first-order valence-electron chi connectivity index (χ1n) is 14.5. The Hall–Kier alpha value is -6.15. The lowest BCUT2D eigenvalue weighted by Gasteiger charge is -2.36. The quantitative estimate of drug-likeness (QED) is 0.191. The lowest BCUT2D eigenvalue weighted by atomic mass is 9.77. The van der Waals surface area contributed by atoms with E-state index in [0.29, 0.717) is 17.3 Å². The second-order valence-corrected chi connectivity index (χ2v) is 10.6. The fourth-order valence-electron chi connectivity index (χ4n) is 6.13. The Labute approximate surface area is 259 Å². The molecular weight excluding hydrogens is 560 g/mol. The van der Waals surface area contributed by atoms with Gasteiger partial charge in [0.15, 0.2) is 11.5 Å². The van der Waals surface area contributed by atoms with Crippen molar-refractivity contribution < 1.29 is 9.90 Å². The van der Waals surface area contributed by atoms with E-state index >= 15 is 0 Å². The zero-order valence-corrected chi connectivity index (χ0v) is 24.4. The Morgan fingerprint density at radius 1 is 0.667 bits per heavy atom. The summed E-state index contributed by atoms with van der Waals surface area (Å²) in [6, 6.07) is 46.7. The highest BCUT2D eigenvalue weighted by Crippen LogP contribution is 2.43. The van der Waals surface area contributed by atoms with Gasteiger partial charge in [-0.2, -0.15) is 0 Å². The van der Waals surface area contributed by atoms with E-state index in [1.165, 1.54) is 6.20 Å². The van der Waals surface area contributed by atoms with E-state index in [-0.39, 0.29) is 5.69 Å². The Balaban J connectivity index is 1.43. The summed E-state index contributed by atoms with van der Waals surface area (Å²) in [5.41, 5.74) is 5.71. The SMILES string of the molecule is Cc1ncc(C(=O)O)n1-c1ccc(-c2ccccc2-c2nnnn2C(c2ccccc2)(c2ccccc2)c2ccccc2)cc1. The maximum Gasteiger partial charge on any atom is 0.354 e. The van der Waals surface area contributed by atoms with Gasteiger partial charge in [0.2, 0.25) is 0 Å². The molecule has 8 heteroatoms. The summed E-state index contributed by atoms with van der Waals surface area (Å²) in [5.74, 6) is 0.166. The number of aryl methyl sites for hydroxylation is 1. The highest BCUT2D eigenvalue weighted by Gasteiger charge is 2.42. The summed E-state index contributed by atoms with van der Waals surface area (Å²) in [7, 11) is 0. The summed E-state index contributed by atoms with van der Waals surface area (Å²) in [4.78, 5) is 16.0. The van der Waals surface area contributed by atoms with E-state index in [0.717, 1.165) is 33.4 Å². The molecule has 7 rings (SSSR count). The van der Waals surface area contributed by atoms with Gasteiger partial charge in [0, 0.05) is 11.3 Å². The number of carboxylic acids is 1. The molecule has 1 N–H and O–H groups in total. The molecule has 2 aromatic heterocycles. The first-order valence-corrected chi connectivity index (χ1v) is 14.5. The summed E-state index contributed by atoms with van der Waals surface area (Å²) in [5, 5.41) is 23.3. The van der Waals surface area contributed by atoms with Crippen LogP contribution in [0.4, 0.5) is 0 Å². The fourth-order valence-corrected chi connectivity index (χ4v) is 6.13. The minimum Gasteiger partial charge on any atom is -0.477 e. The molecule has 0 aliphatic heterocycles. The van der Waals surface area contributed by atoms with Crippen molar-refractivity contribution in [1.82, 2.24) is 29.8 Å². The van der Waals surface area contributed by atoms with Crippen LogP contribution >= 0.6 is 0 Å². The Morgan fingerprint density at radius 2 is 1.18 bits per heavy atom. The predicted molar refractivity (Wildman–Crippen MR) is 172 cm³/mol. The molecule has 0 aliphatic carbocycles. The van der Waals surface area contributed by atoms with Gasteiger partial charge < -0.3 is 5.11 Å². The molecule has 0 atom stereocenters. The van der Waals surface area contributed by atoms with Crippen LogP contribution in [0.2, 0.25) is 0 Å². The molecular formula is C37H28N6O2. The highest BCUT2D eigenvalue weighted by molar-refractivity contribution is 5.86. The van der Waals surface area contributed by atoms with Crippen molar-refractivity contribution in [2.75, 3.05) is 0 Å². The van der Waals surface area contributed by atoms with Gasteiger partial charge in [-0.05, 0) is 57.3 Å². The topological polar surface area (TPSA) is 98.7 Å². The van der Waals surface area contributed by atoms with Crippen molar-refractivity contribution in [3.05, 3.63) is 174 Å². The average molecular weight is 589 g/mol. The molecule has 0 amide bonds. The number of hydrogen-bond donors (Lipinski definition) is 1. The molecule has 0 radical (unpaired) electrons. The molecule has 5 aromatic carbocycles. The van der Waals surface area contributed by atoms with Gasteiger partial charge in [0.1, 0.15) is 11.4 Å². The number of aromatic nitrogens is 6. The Morgan fingerprint density at radius 3 is 1.71 bits per heavy atom. The van der Waals surface area contributed by atoms with E-state index in [4.69, 9.17) is 5.21 Å². The molecule has 0 unspecified atom stereocenters. The lowest BCUT2D eigenvalue weighted by Crippen LogP contribution is -2.39.